The van der Waals surface area contributed by atoms with Crippen LogP contribution in [0, 0.1) is 6.92 Å². The molecule has 0 bridgehead atoms. The van der Waals surface area contributed by atoms with E-state index in [9.17, 15) is 27.9 Å². The highest BCUT2D eigenvalue weighted by molar-refractivity contribution is 6.06. The van der Waals surface area contributed by atoms with E-state index in [1.54, 1.807) is 6.92 Å². The second-order valence-corrected chi connectivity index (χ2v) is 5.21. The van der Waals surface area contributed by atoms with Crippen LogP contribution in [0.2, 0.25) is 0 Å². The number of methoxy groups -OCH3 is 1. The fourth-order valence-corrected chi connectivity index (χ4v) is 2.13. The predicted molar refractivity (Wildman–Crippen MR) is 83.6 cm³/mol. The molecule has 0 aromatic heterocycles. The van der Waals surface area contributed by atoms with Gasteiger partial charge in [-0.05, 0) is 48.9 Å². The van der Waals surface area contributed by atoms with Gasteiger partial charge in [0.15, 0.2) is 0 Å². The fraction of sp³-hybridized carbons (Fsp3) is 0.176. The van der Waals surface area contributed by atoms with Crippen molar-refractivity contribution in [2.24, 2.45) is 0 Å². The van der Waals surface area contributed by atoms with E-state index in [1.165, 1.54) is 25.3 Å². The van der Waals surface area contributed by atoms with E-state index < -0.39 is 34.9 Å². The van der Waals surface area contributed by atoms with Crippen molar-refractivity contribution in [3.05, 3.63) is 58.7 Å². The third kappa shape index (κ3) is 4.09. The number of carbonyl (C=O) groups excluding carboxylic acids is 2. The normalized spacial score (nSPS) is 11.1. The standard InChI is InChI=1S/C17H14F3NO4/c1-9-7-10(16(24)25-2)3-5-13(9)21-15(23)12-8-11(17(18,19)20)4-6-14(12)22/h3-8,22H,1-2H3,(H,21,23). The first-order valence-corrected chi connectivity index (χ1v) is 7.04. The summed E-state index contributed by atoms with van der Waals surface area (Å²) < 4.78 is 42.8. The molecule has 0 saturated carbocycles. The highest BCUT2D eigenvalue weighted by Gasteiger charge is 2.31. The third-order valence-electron chi connectivity index (χ3n) is 3.46. The van der Waals surface area contributed by atoms with Crippen LogP contribution in [0.5, 0.6) is 5.75 Å². The Morgan fingerprint density at radius 1 is 1.12 bits per heavy atom. The summed E-state index contributed by atoms with van der Waals surface area (Å²) >= 11 is 0. The SMILES string of the molecule is COC(=O)c1ccc(NC(=O)c2cc(C(F)(F)F)ccc2O)c(C)c1. The first-order valence-electron chi connectivity index (χ1n) is 7.04. The molecule has 0 atom stereocenters. The number of hydrogen-bond acceptors (Lipinski definition) is 4. The number of aromatic hydroxyl groups is 1. The Bertz CT molecular complexity index is 831. The van der Waals surface area contributed by atoms with Crippen molar-refractivity contribution < 1.29 is 32.6 Å². The van der Waals surface area contributed by atoms with Gasteiger partial charge in [-0.15, -0.1) is 0 Å². The molecule has 0 spiro atoms. The molecule has 1 amide bonds. The highest BCUT2D eigenvalue weighted by Crippen LogP contribution is 2.32. The second kappa shape index (κ2) is 6.84. The van der Waals surface area contributed by atoms with E-state index in [0.717, 1.165) is 6.07 Å². The maximum absolute atomic E-state index is 12.8. The number of esters is 1. The minimum atomic E-state index is -4.64. The molecule has 0 unspecified atom stereocenters. The van der Waals surface area contributed by atoms with Crippen molar-refractivity contribution in [1.29, 1.82) is 0 Å². The first-order chi connectivity index (χ1) is 11.6. The molecule has 0 saturated heterocycles. The Morgan fingerprint density at radius 3 is 2.36 bits per heavy atom. The maximum atomic E-state index is 12.8. The van der Waals surface area contributed by atoms with Gasteiger partial charge in [-0.25, -0.2) is 4.79 Å². The number of halogens is 3. The third-order valence-corrected chi connectivity index (χ3v) is 3.46. The number of phenolic OH excluding ortho intramolecular Hbond substituents is 1. The molecule has 25 heavy (non-hydrogen) atoms. The van der Waals surface area contributed by atoms with Crippen molar-refractivity contribution in [3.63, 3.8) is 0 Å². The molecule has 5 nitrogen and oxygen atoms in total. The van der Waals surface area contributed by atoms with Gasteiger partial charge in [-0.2, -0.15) is 13.2 Å². The number of rotatable bonds is 3. The Balaban J connectivity index is 2.30. The molecule has 8 heteroatoms. The monoisotopic (exact) mass is 353 g/mol. The van der Waals surface area contributed by atoms with Crippen molar-refractivity contribution in [3.8, 4) is 5.75 Å². The van der Waals surface area contributed by atoms with E-state index in [0.29, 0.717) is 17.7 Å². The van der Waals surface area contributed by atoms with Gasteiger partial charge in [-0.3, -0.25) is 4.79 Å². The Morgan fingerprint density at radius 2 is 1.80 bits per heavy atom. The zero-order valence-electron chi connectivity index (χ0n) is 13.3. The molecule has 2 N–H and O–H groups in total. The van der Waals surface area contributed by atoms with Crippen LogP contribution in [-0.4, -0.2) is 24.1 Å². The number of nitrogens with one attached hydrogen (secondary N) is 1. The van der Waals surface area contributed by atoms with E-state index in [1.807, 2.05) is 0 Å². The topological polar surface area (TPSA) is 75.6 Å². The lowest BCUT2D eigenvalue weighted by Gasteiger charge is -2.12. The quantitative estimate of drug-likeness (QED) is 0.824. The summed E-state index contributed by atoms with van der Waals surface area (Å²) in [6, 6.07) is 6.36. The number of phenols is 1. The van der Waals surface area contributed by atoms with E-state index in [2.05, 4.69) is 10.1 Å². The molecule has 0 fully saturated rings. The first kappa shape index (κ1) is 18.3. The van der Waals surface area contributed by atoms with Crippen LogP contribution in [0.15, 0.2) is 36.4 Å². The summed E-state index contributed by atoms with van der Waals surface area (Å²) in [5.41, 5.74) is -0.503. The molecule has 132 valence electrons. The number of hydrogen-bond donors (Lipinski definition) is 2. The van der Waals surface area contributed by atoms with Crippen molar-refractivity contribution in [2.45, 2.75) is 13.1 Å². The van der Waals surface area contributed by atoms with Gasteiger partial charge in [0.25, 0.3) is 5.91 Å². The predicted octanol–water partition coefficient (Wildman–Crippen LogP) is 3.76. The zero-order valence-corrected chi connectivity index (χ0v) is 13.3. The zero-order chi connectivity index (χ0) is 18.8. The lowest BCUT2D eigenvalue weighted by atomic mass is 10.1. The van der Waals surface area contributed by atoms with Gasteiger partial charge >= 0.3 is 12.1 Å². The number of amides is 1. The van der Waals surface area contributed by atoms with Gasteiger partial charge in [0, 0.05) is 5.69 Å². The van der Waals surface area contributed by atoms with Crippen LogP contribution >= 0.6 is 0 Å². The fourth-order valence-electron chi connectivity index (χ4n) is 2.13. The van der Waals surface area contributed by atoms with E-state index in [4.69, 9.17) is 0 Å². The van der Waals surface area contributed by atoms with Crippen LogP contribution in [0.3, 0.4) is 0 Å². The Kier molecular flexibility index (Phi) is 5.01. The summed E-state index contributed by atoms with van der Waals surface area (Å²) in [5.74, 6) is -2.04. The molecule has 0 aliphatic carbocycles. The molecule has 2 rings (SSSR count). The number of anilines is 1. The minimum absolute atomic E-state index is 0.264. The summed E-state index contributed by atoms with van der Waals surface area (Å²) in [7, 11) is 1.23. The molecule has 0 aliphatic rings. The van der Waals surface area contributed by atoms with Crippen LogP contribution in [-0.2, 0) is 10.9 Å². The Labute approximate surface area is 141 Å². The summed E-state index contributed by atoms with van der Waals surface area (Å²) in [6.45, 7) is 1.61. The van der Waals surface area contributed by atoms with Crippen LogP contribution in [0.4, 0.5) is 18.9 Å². The lowest BCUT2D eigenvalue weighted by Crippen LogP contribution is -2.15. The van der Waals surface area contributed by atoms with Crippen LogP contribution in [0.1, 0.15) is 31.8 Å². The molecule has 2 aromatic carbocycles. The van der Waals surface area contributed by atoms with Gasteiger partial charge < -0.3 is 15.2 Å². The second-order valence-electron chi connectivity index (χ2n) is 5.21. The molecule has 0 aliphatic heterocycles. The minimum Gasteiger partial charge on any atom is -0.507 e. The molecular formula is C17H14F3NO4. The molecule has 0 heterocycles. The molecule has 2 aromatic rings. The van der Waals surface area contributed by atoms with E-state index >= 15 is 0 Å². The largest absolute Gasteiger partial charge is 0.507 e. The van der Waals surface area contributed by atoms with Gasteiger partial charge in [0.05, 0.1) is 23.8 Å². The lowest BCUT2D eigenvalue weighted by molar-refractivity contribution is -0.137. The number of aryl methyl sites for hydroxylation is 1. The average Bonchev–Trinajstić information content (AvgIpc) is 2.55. The van der Waals surface area contributed by atoms with Gasteiger partial charge in [0.1, 0.15) is 5.75 Å². The van der Waals surface area contributed by atoms with Gasteiger partial charge in [0.2, 0.25) is 0 Å². The maximum Gasteiger partial charge on any atom is 0.416 e. The van der Waals surface area contributed by atoms with Crippen molar-refractivity contribution in [1.82, 2.24) is 0 Å². The smallest absolute Gasteiger partial charge is 0.416 e. The molecular weight excluding hydrogens is 339 g/mol. The van der Waals surface area contributed by atoms with Crippen molar-refractivity contribution >= 4 is 17.6 Å². The van der Waals surface area contributed by atoms with Crippen LogP contribution in [0.25, 0.3) is 0 Å². The number of carbonyl (C=O) groups is 2. The summed E-state index contributed by atoms with van der Waals surface area (Å²) in [5, 5.41) is 12.1. The summed E-state index contributed by atoms with van der Waals surface area (Å²) in [6.07, 6.45) is -4.64. The summed E-state index contributed by atoms with van der Waals surface area (Å²) in [4.78, 5) is 23.7. The van der Waals surface area contributed by atoms with Crippen LogP contribution < -0.4 is 5.32 Å². The molecule has 0 radical (unpaired) electrons. The average molecular weight is 353 g/mol. The number of alkyl halides is 3. The van der Waals surface area contributed by atoms with E-state index in [-0.39, 0.29) is 11.3 Å². The number of benzene rings is 2. The Hall–Kier alpha value is -3.03. The highest BCUT2D eigenvalue weighted by atomic mass is 19.4. The van der Waals surface area contributed by atoms with Crippen molar-refractivity contribution in [2.75, 3.05) is 12.4 Å². The number of ether oxygens (including phenoxy) is 1. The van der Waals surface area contributed by atoms with Gasteiger partial charge in [-0.1, -0.05) is 0 Å².